The minimum atomic E-state index is -0.466. The van der Waals surface area contributed by atoms with E-state index in [1.54, 1.807) is 0 Å². The van der Waals surface area contributed by atoms with Crippen molar-refractivity contribution in [2.75, 3.05) is 7.11 Å². The predicted molar refractivity (Wildman–Crippen MR) is 70.1 cm³/mol. The zero-order valence-electron chi connectivity index (χ0n) is 10.6. The van der Waals surface area contributed by atoms with Crippen LogP contribution >= 0.6 is 0 Å². The molecule has 2 heteroatoms. The summed E-state index contributed by atoms with van der Waals surface area (Å²) in [6.07, 6.45) is 8.66. The number of unbranched alkanes of at least 4 members (excludes halogenated alkanes) is 5. The third-order valence-electron chi connectivity index (χ3n) is 2.06. The van der Waals surface area contributed by atoms with Crippen molar-refractivity contribution in [3.63, 3.8) is 0 Å². The van der Waals surface area contributed by atoms with E-state index in [1.165, 1.54) is 7.11 Å². The van der Waals surface area contributed by atoms with Gasteiger partial charge >= 0.3 is 5.97 Å². The quantitative estimate of drug-likeness (QED) is 0.231. The molecule has 0 aliphatic rings. The second-order valence-corrected chi connectivity index (χ2v) is 3.53. The Morgan fingerprint density at radius 1 is 1.12 bits per heavy atom. The van der Waals surface area contributed by atoms with Gasteiger partial charge in [0.05, 0.1) is 7.11 Å². The molecule has 0 spiro atoms. The topological polar surface area (TPSA) is 26.3 Å². The van der Waals surface area contributed by atoms with Crippen molar-refractivity contribution in [2.45, 2.75) is 44.9 Å². The van der Waals surface area contributed by atoms with E-state index in [4.69, 9.17) is 0 Å². The van der Waals surface area contributed by atoms with Gasteiger partial charge in [-0.25, -0.2) is 4.79 Å². The molecule has 0 saturated carbocycles. The van der Waals surface area contributed by atoms with Gasteiger partial charge in [0, 0.05) is 25.2 Å². The molecular weight excluding hydrogens is 212 g/mol. The van der Waals surface area contributed by atoms with Crippen molar-refractivity contribution in [3.8, 4) is 23.7 Å². The summed E-state index contributed by atoms with van der Waals surface area (Å²) >= 11 is 0. The van der Waals surface area contributed by atoms with Crippen LogP contribution in [0.4, 0.5) is 0 Å². The van der Waals surface area contributed by atoms with E-state index in [9.17, 15) is 4.79 Å². The molecule has 2 nitrogen and oxygen atoms in total. The van der Waals surface area contributed by atoms with Crippen molar-refractivity contribution in [1.82, 2.24) is 0 Å². The highest BCUT2D eigenvalue weighted by atomic mass is 16.5. The molecular formula is C15H20O2. The Hall–Kier alpha value is -1.67. The smallest absolute Gasteiger partial charge is 0.384 e. The molecule has 0 unspecified atom stereocenters. The lowest BCUT2D eigenvalue weighted by molar-refractivity contribution is -0.133. The van der Waals surface area contributed by atoms with Crippen molar-refractivity contribution in [3.05, 3.63) is 12.7 Å². The van der Waals surface area contributed by atoms with E-state index >= 15 is 0 Å². The standard InChI is InChI=1S/C15H20O2/c1-3-4-5-6-7-8-9-10-11-12-13-14-15(16)17-2/h3H,1,4-6,9-12H2,2H3. The number of allylic oxidation sites excluding steroid dienone is 1. The van der Waals surface area contributed by atoms with E-state index in [1.807, 2.05) is 6.08 Å². The van der Waals surface area contributed by atoms with Crippen LogP contribution in [0.3, 0.4) is 0 Å². The largest absolute Gasteiger partial charge is 0.459 e. The molecule has 0 fully saturated rings. The Balaban J connectivity index is 3.36. The maximum atomic E-state index is 10.6. The van der Waals surface area contributed by atoms with Crippen LogP contribution in [0, 0.1) is 23.7 Å². The average Bonchev–Trinajstić information content (AvgIpc) is 2.35. The van der Waals surface area contributed by atoms with Crippen LogP contribution in [0.1, 0.15) is 44.9 Å². The molecule has 0 atom stereocenters. The molecule has 0 aromatic rings. The minimum absolute atomic E-state index is 0.466. The van der Waals surface area contributed by atoms with E-state index in [2.05, 4.69) is 35.0 Å². The fraction of sp³-hybridized carbons (Fsp3) is 0.533. The summed E-state index contributed by atoms with van der Waals surface area (Å²) in [7, 11) is 1.33. The van der Waals surface area contributed by atoms with Crippen LogP contribution in [0.15, 0.2) is 12.7 Å². The first kappa shape index (κ1) is 15.3. The molecule has 0 amide bonds. The Kier molecular flexibility index (Phi) is 11.2. The number of methoxy groups -OCH3 is 1. The predicted octanol–water partition coefficient (Wildman–Crippen LogP) is 3.08. The van der Waals surface area contributed by atoms with Gasteiger partial charge in [-0.15, -0.1) is 18.4 Å². The van der Waals surface area contributed by atoms with E-state index in [0.29, 0.717) is 0 Å². The molecule has 0 aromatic carbocycles. The number of hydrogen-bond donors (Lipinski definition) is 0. The summed E-state index contributed by atoms with van der Waals surface area (Å²) in [5.74, 6) is 11.0. The maximum absolute atomic E-state index is 10.6. The number of ether oxygens (including phenoxy) is 1. The van der Waals surface area contributed by atoms with Crippen molar-refractivity contribution in [1.29, 1.82) is 0 Å². The summed E-state index contributed by atoms with van der Waals surface area (Å²) in [6.45, 7) is 3.66. The molecule has 92 valence electrons. The van der Waals surface area contributed by atoms with Crippen molar-refractivity contribution >= 4 is 5.97 Å². The normalized spacial score (nSPS) is 8.29. The van der Waals surface area contributed by atoms with Crippen LogP contribution in [0.5, 0.6) is 0 Å². The number of carbonyl (C=O) groups excluding carboxylic acids is 1. The lowest BCUT2D eigenvalue weighted by Gasteiger charge is -1.90. The second-order valence-electron chi connectivity index (χ2n) is 3.53. The number of carbonyl (C=O) groups is 1. The monoisotopic (exact) mass is 232 g/mol. The van der Waals surface area contributed by atoms with Crippen LogP contribution in [0.2, 0.25) is 0 Å². The lowest BCUT2D eigenvalue weighted by Crippen LogP contribution is -1.94. The van der Waals surface area contributed by atoms with E-state index < -0.39 is 5.97 Å². The fourth-order valence-corrected chi connectivity index (χ4v) is 1.12. The summed E-state index contributed by atoms with van der Waals surface area (Å²) < 4.78 is 4.40. The molecule has 0 saturated heterocycles. The highest BCUT2D eigenvalue weighted by molar-refractivity contribution is 5.88. The first-order chi connectivity index (χ1) is 8.31. The van der Waals surface area contributed by atoms with Gasteiger partial charge in [0.1, 0.15) is 0 Å². The second kappa shape index (κ2) is 12.4. The van der Waals surface area contributed by atoms with Gasteiger partial charge < -0.3 is 4.74 Å². The maximum Gasteiger partial charge on any atom is 0.384 e. The van der Waals surface area contributed by atoms with Gasteiger partial charge in [-0.1, -0.05) is 12.0 Å². The summed E-state index contributed by atoms with van der Waals surface area (Å²) in [5.41, 5.74) is 0. The average molecular weight is 232 g/mol. The number of rotatable bonds is 6. The molecule has 0 heterocycles. The highest BCUT2D eigenvalue weighted by Gasteiger charge is 1.88. The Labute approximate surface area is 104 Å². The lowest BCUT2D eigenvalue weighted by atomic mass is 10.2. The van der Waals surface area contributed by atoms with Gasteiger partial charge in [-0.3, -0.25) is 0 Å². The van der Waals surface area contributed by atoms with Gasteiger partial charge in [0.2, 0.25) is 0 Å². The molecule has 0 radical (unpaired) electrons. The van der Waals surface area contributed by atoms with Crippen LogP contribution in [-0.2, 0) is 9.53 Å². The number of esters is 1. The first-order valence-corrected chi connectivity index (χ1v) is 5.94. The Morgan fingerprint density at radius 3 is 2.29 bits per heavy atom. The molecule has 0 aromatic heterocycles. The van der Waals surface area contributed by atoms with Crippen LogP contribution in [0.25, 0.3) is 0 Å². The van der Waals surface area contributed by atoms with Crippen molar-refractivity contribution in [2.24, 2.45) is 0 Å². The van der Waals surface area contributed by atoms with Crippen molar-refractivity contribution < 1.29 is 9.53 Å². The molecule has 0 N–H and O–H groups in total. The van der Waals surface area contributed by atoms with Gasteiger partial charge in [-0.05, 0) is 25.7 Å². The molecule has 0 rings (SSSR count). The van der Waals surface area contributed by atoms with E-state index in [0.717, 1.165) is 44.9 Å². The minimum Gasteiger partial charge on any atom is -0.459 e. The van der Waals surface area contributed by atoms with Crippen LogP contribution < -0.4 is 0 Å². The first-order valence-electron chi connectivity index (χ1n) is 5.94. The molecule has 0 aliphatic heterocycles. The van der Waals surface area contributed by atoms with Gasteiger partial charge in [-0.2, -0.15) is 0 Å². The molecule has 0 aliphatic carbocycles. The third-order valence-corrected chi connectivity index (χ3v) is 2.06. The Bertz CT molecular complexity index is 333. The van der Waals surface area contributed by atoms with Crippen LogP contribution in [-0.4, -0.2) is 13.1 Å². The third kappa shape index (κ3) is 12.3. The zero-order valence-corrected chi connectivity index (χ0v) is 10.6. The van der Waals surface area contributed by atoms with E-state index in [-0.39, 0.29) is 0 Å². The number of hydrogen-bond acceptors (Lipinski definition) is 2. The fourth-order valence-electron chi connectivity index (χ4n) is 1.12. The SMILES string of the molecule is C=CCCCC#CCCCCC#CC(=O)OC. The zero-order chi connectivity index (χ0) is 12.8. The summed E-state index contributed by atoms with van der Waals surface area (Å²) in [4.78, 5) is 10.6. The summed E-state index contributed by atoms with van der Waals surface area (Å²) in [6, 6.07) is 0. The summed E-state index contributed by atoms with van der Waals surface area (Å²) in [5, 5.41) is 0. The molecule has 17 heavy (non-hydrogen) atoms. The Morgan fingerprint density at radius 2 is 1.71 bits per heavy atom. The van der Waals surface area contributed by atoms with Gasteiger partial charge in [0.25, 0.3) is 0 Å². The van der Waals surface area contributed by atoms with Gasteiger partial charge in [0.15, 0.2) is 0 Å². The highest BCUT2D eigenvalue weighted by Crippen LogP contribution is 1.98. The molecule has 0 bridgehead atoms.